The SMILES string of the molecule is COc1ccc(C(=O)O)c([C@@H](N)CO)c1. The summed E-state index contributed by atoms with van der Waals surface area (Å²) in [5, 5.41) is 17.8. The van der Waals surface area contributed by atoms with E-state index < -0.39 is 12.0 Å². The lowest BCUT2D eigenvalue weighted by Gasteiger charge is -2.13. The molecule has 5 nitrogen and oxygen atoms in total. The van der Waals surface area contributed by atoms with E-state index in [0.717, 1.165) is 0 Å². The normalized spacial score (nSPS) is 12.2. The molecular weight excluding hydrogens is 198 g/mol. The summed E-state index contributed by atoms with van der Waals surface area (Å²) in [6.45, 7) is -0.312. The highest BCUT2D eigenvalue weighted by atomic mass is 16.5. The van der Waals surface area contributed by atoms with E-state index in [1.807, 2.05) is 0 Å². The van der Waals surface area contributed by atoms with Crippen molar-refractivity contribution in [3.63, 3.8) is 0 Å². The van der Waals surface area contributed by atoms with Gasteiger partial charge in [-0.15, -0.1) is 0 Å². The monoisotopic (exact) mass is 211 g/mol. The maximum absolute atomic E-state index is 10.9. The summed E-state index contributed by atoms with van der Waals surface area (Å²) in [6, 6.07) is 3.75. The molecule has 0 bridgehead atoms. The number of hydrogen-bond acceptors (Lipinski definition) is 4. The van der Waals surface area contributed by atoms with Crippen LogP contribution in [-0.2, 0) is 0 Å². The van der Waals surface area contributed by atoms with E-state index in [-0.39, 0.29) is 12.2 Å². The van der Waals surface area contributed by atoms with E-state index in [4.69, 9.17) is 20.7 Å². The van der Waals surface area contributed by atoms with Gasteiger partial charge >= 0.3 is 5.97 Å². The van der Waals surface area contributed by atoms with E-state index in [0.29, 0.717) is 11.3 Å². The van der Waals surface area contributed by atoms with Crippen LogP contribution in [0.3, 0.4) is 0 Å². The van der Waals surface area contributed by atoms with Crippen LogP contribution < -0.4 is 10.5 Å². The van der Waals surface area contributed by atoms with Gasteiger partial charge in [0.2, 0.25) is 0 Å². The topological polar surface area (TPSA) is 92.8 Å². The molecule has 1 aromatic rings. The third-order valence-electron chi connectivity index (χ3n) is 2.09. The Labute approximate surface area is 87.1 Å². The third kappa shape index (κ3) is 2.45. The number of carbonyl (C=O) groups is 1. The van der Waals surface area contributed by atoms with Crippen molar-refractivity contribution in [2.45, 2.75) is 6.04 Å². The number of methoxy groups -OCH3 is 1. The van der Waals surface area contributed by atoms with Crippen LogP contribution in [0, 0.1) is 0 Å². The van der Waals surface area contributed by atoms with Crippen molar-refractivity contribution in [3.05, 3.63) is 29.3 Å². The molecule has 15 heavy (non-hydrogen) atoms. The number of ether oxygens (including phenoxy) is 1. The molecule has 0 amide bonds. The lowest BCUT2D eigenvalue weighted by Crippen LogP contribution is -2.18. The minimum absolute atomic E-state index is 0.0809. The third-order valence-corrected chi connectivity index (χ3v) is 2.09. The van der Waals surface area contributed by atoms with Gasteiger partial charge in [-0.3, -0.25) is 0 Å². The summed E-state index contributed by atoms with van der Waals surface area (Å²) in [6.07, 6.45) is 0. The van der Waals surface area contributed by atoms with E-state index in [1.54, 1.807) is 0 Å². The molecule has 0 heterocycles. The van der Waals surface area contributed by atoms with Crippen LogP contribution in [0.4, 0.5) is 0 Å². The molecule has 0 aliphatic carbocycles. The number of aliphatic hydroxyl groups excluding tert-OH is 1. The molecule has 0 aliphatic rings. The Kier molecular flexibility index (Phi) is 3.65. The summed E-state index contributed by atoms with van der Waals surface area (Å²) < 4.78 is 4.95. The van der Waals surface area contributed by atoms with Gasteiger partial charge in [-0.25, -0.2) is 4.79 Å². The number of benzene rings is 1. The van der Waals surface area contributed by atoms with Crippen LogP contribution in [0.1, 0.15) is 22.0 Å². The fourth-order valence-electron chi connectivity index (χ4n) is 1.27. The summed E-state index contributed by atoms with van der Waals surface area (Å²) in [5.74, 6) is -0.560. The van der Waals surface area contributed by atoms with Crippen LogP contribution in [0.2, 0.25) is 0 Å². The molecule has 1 aromatic carbocycles. The van der Waals surface area contributed by atoms with Crippen LogP contribution >= 0.6 is 0 Å². The lowest BCUT2D eigenvalue weighted by atomic mass is 10.0. The minimum atomic E-state index is -1.07. The van der Waals surface area contributed by atoms with Crippen LogP contribution in [0.25, 0.3) is 0 Å². The molecule has 0 radical (unpaired) electrons. The Morgan fingerprint density at radius 2 is 2.27 bits per heavy atom. The molecule has 82 valence electrons. The molecule has 0 unspecified atom stereocenters. The Hall–Kier alpha value is -1.59. The summed E-state index contributed by atoms with van der Waals surface area (Å²) in [4.78, 5) is 10.9. The predicted molar refractivity (Wildman–Crippen MR) is 54.0 cm³/mol. The zero-order valence-corrected chi connectivity index (χ0v) is 8.30. The Morgan fingerprint density at radius 1 is 1.60 bits per heavy atom. The van der Waals surface area contributed by atoms with Crippen molar-refractivity contribution < 1.29 is 19.7 Å². The summed E-state index contributed by atoms with van der Waals surface area (Å²) >= 11 is 0. The van der Waals surface area contributed by atoms with E-state index in [9.17, 15) is 4.79 Å². The molecule has 0 fully saturated rings. The maximum atomic E-state index is 10.9. The van der Waals surface area contributed by atoms with Crippen LogP contribution in [0.15, 0.2) is 18.2 Å². The van der Waals surface area contributed by atoms with Crippen LogP contribution in [-0.4, -0.2) is 29.9 Å². The van der Waals surface area contributed by atoms with Gasteiger partial charge in [-0.05, 0) is 23.8 Å². The van der Waals surface area contributed by atoms with Crippen molar-refractivity contribution in [2.24, 2.45) is 5.73 Å². The number of rotatable bonds is 4. The van der Waals surface area contributed by atoms with Gasteiger partial charge in [0.05, 0.1) is 25.3 Å². The van der Waals surface area contributed by atoms with Crippen molar-refractivity contribution >= 4 is 5.97 Å². The highest BCUT2D eigenvalue weighted by molar-refractivity contribution is 5.89. The van der Waals surface area contributed by atoms with Crippen molar-refractivity contribution in [3.8, 4) is 5.75 Å². The van der Waals surface area contributed by atoms with Crippen LogP contribution in [0.5, 0.6) is 5.75 Å². The molecule has 5 heteroatoms. The standard InChI is InChI=1S/C10H13NO4/c1-15-6-2-3-7(10(13)14)8(4-6)9(11)5-12/h2-4,9,12H,5,11H2,1H3,(H,13,14)/t9-/m0/s1. The molecule has 0 saturated carbocycles. The molecule has 4 N–H and O–H groups in total. The minimum Gasteiger partial charge on any atom is -0.497 e. The van der Waals surface area contributed by atoms with Gasteiger partial charge in [0.25, 0.3) is 0 Å². The van der Waals surface area contributed by atoms with E-state index in [2.05, 4.69) is 0 Å². The number of aromatic carboxylic acids is 1. The number of carboxylic acid groups (broad SMARTS) is 1. The summed E-state index contributed by atoms with van der Waals surface area (Å²) in [5.41, 5.74) is 6.03. The lowest BCUT2D eigenvalue weighted by molar-refractivity contribution is 0.0694. The molecule has 0 aliphatic heterocycles. The highest BCUT2D eigenvalue weighted by Crippen LogP contribution is 2.22. The maximum Gasteiger partial charge on any atom is 0.336 e. The molecular formula is C10H13NO4. The number of hydrogen-bond donors (Lipinski definition) is 3. The number of carboxylic acids is 1. The van der Waals surface area contributed by atoms with Gasteiger partial charge in [0, 0.05) is 0 Å². The first-order valence-electron chi connectivity index (χ1n) is 4.37. The van der Waals surface area contributed by atoms with Gasteiger partial charge < -0.3 is 20.7 Å². The second-order valence-electron chi connectivity index (χ2n) is 3.05. The van der Waals surface area contributed by atoms with E-state index >= 15 is 0 Å². The first kappa shape index (κ1) is 11.5. The smallest absolute Gasteiger partial charge is 0.336 e. The first-order chi connectivity index (χ1) is 7.10. The molecule has 1 rings (SSSR count). The zero-order chi connectivity index (χ0) is 11.4. The van der Waals surface area contributed by atoms with Crippen molar-refractivity contribution in [1.82, 2.24) is 0 Å². The fraction of sp³-hybridized carbons (Fsp3) is 0.300. The van der Waals surface area contributed by atoms with Crippen molar-refractivity contribution in [1.29, 1.82) is 0 Å². The number of nitrogens with two attached hydrogens (primary N) is 1. The predicted octanol–water partition coefficient (Wildman–Crippen LogP) is 0.386. The summed E-state index contributed by atoms with van der Waals surface area (Å²) in [7, 11) is 1.48. The molecule has 1 atom stereocenters. The quantitative estimate of drug-likeness (QED) is 0.669. The van der Waals surface area contributed by atoms with Gasteiger partial charge in [0.15, 0.2) is 0 Å². The average Bonchev–Trinajstić information content (AvgIpc) is 2.26. The second-order valence-corrected chi connectivity index (χ2v) is 3.05. The molecule has 0 spiro atoms. The largest absolute Gasteiger partial charge is 0.497 e. The Balaban J connectivity index is 3.22. The Morgan fingerprint density at radius 3 is 2.73 bits per heavy atom. The van der Waals surface area contributed by atoms with E-state index in [1.165, 1.54) is 25.3 Å². The molecule has 0 saturated heterocycles. The highest BCUT2D eigenvalue weighted by Gasteiger charge is 2.16. The first-order valence-corrected chi connectivity index (χ1v) is 4.37. The number of aliphatic hydroxyl groups is 1. The van der Waals surface area contributed by atoms with Gasteiger partial charge in [-0.2, -0.15) is 0 Å². The van der Waals surface area contributed by atoms with Crippen molar-refractivity contribution in [2.75, 3.05) is 13.7 Å². The molecule has 0 aromatic heterocycles. The Bertz CT molecular complexity index is 364. The average molecular weight is 211 g/mol. The zero-order valence-electron chi connectivity index (χ0n) is 8.30. The van der Waals surface area contributed by atoms with Gasteiger partial charge in [-0.1, -0.05) is 0 Å². The van der Waals surface area contributed by atoms with Gasteiger partial charge in [0.1, 0.15) is 5.75 Å². The second kappa shape index (κ2) is 4.77. The fourth-order valence-corrected chi connectivity index (χ4v) is 1.27.